The number of carbonyl (C=O) groups excluding carboxylic acids is 1. The zero-order chi connectivity index (χ0) is 7.66. The zero-order valence-electron chi connectivity index (χ0n) is 6.38. The van der Waals surface area contributed by atoms with E-state index in [0.717, 1.165) is 0 Å². The Morgan fingerprint density at radius 2 is 2.10 bits per heavy atom. The minimum Gasteiger partial charge on any atom is -0.468 e. The second-order valence-electron chi connectivity index (χ2n) is 1.95. The van der Waals surface area contributed by atoms with E-state index in [1.807, 2.05) is 0 Å². The van der Waals surface area contributed by atoms with Gasteiger partial charge in [-0.25, -0.2) is 0 Å². The van der Waals surface area contributed by atoms with Crippen LogP contribution in [0.15, 0.2) is 12.2 Å². The normalized spacial score (nSPS) is 13.7. The van der Waals surface area contributed by atoms with Crippen LogP contribution in [-0.4, -0.2) is 13.1 Å². The first kappa shape index (κ1) is 9.21. The van der Waals surface area contributed by atoms with E-state index in [1.165, 1.54) is 19.3 Å². The van der Waals surface area contributed by atoms with Gasteiger partial charge in [-0.3, -0.25) is 4.79 Å². The molecular weight excluding hydrogens is 128 g/mol. The number of hydrogen-bond donors (Lipinski definition) is 0. The van der Waals surface area contributed by atoms with E-state index in [9.17, 15) is 4.79 Å². The monoisotopic (exact) mass is 142 g/mol. The van der Waals surface area contributed by atoms with Gasteiger partial charge < -0.3 is 4.74 Å². The molecule has 1 aliphatic rings. The molecule has 0 atom stereocenters. The molecule has 0 spiro atoms. The molecule has 0 aromatic carbocycles. The van der Waals surface area contributed by atoms with Gasteiger partial charge in [0.25, 0.3) is 6.47 Å². The third-order valence-corrected chi connectivity index (χ3v) is 1.14. The molecule has 58 valence electrons. The highest BCUT2D eigenvalue weighted by molar-refractivity contribution is 5.36. The number of allylic oxidation sites excluding steroid dienone is 2. The minimum atomic E-state index is 0.431. The number of carbonyl (C=O) groups is 1. The summed E-state index contributed by atoms with van der Waals surface area (Å²) in [5, 5.41) is 0. The first-order chi connectivity index (χ1) is 4.91. The summed E-state index contributed by atoms with van der Waals surface area (Å²) in [4.78, 5) is 9.18. The smallest absolute Gasteiger partial charge is 0.293 e. The van der Waals surface area contributed by atoms with Crippen LogP contribution in [0.4, 0.5) is 0 Å². The zero-order valence-corrected chi connectivity index (χ0v) is 6.38. The van der Waals surface area contributed by atoms with Gasteiger partial charge in [-0.15, -0.1) is 0 Å². The fourth-order valence-electron chi connectivity index (χ4n) is 0.657. The summed E-state index contributed by atoms with van der Waals surface area (Å²) >= 11 is 0. The van der Waals surface area contributed by atoms with E-state index >= 15 is 0 Å². The molecule has 0 aliphatic heterocycles. The quantitative estimate of drug-likeness (QED) is 0.435. The molecule has 1 aliphatic carbocycles. The first-order valence-corrected chi connectivity index (χ1v) is 3.62. The predicted molar refractivity (Wildman–Crippen MR) is 40.7 cm³/mol. The first-order valence-electron chi connectivity index (χ1n) is 3.62. The van der Waals surface area contributed by atoms with Gasteiger partial charge in [0.2, 0.25) is 0 Å². The molecule has 1 rings (SSSR count). The molecule has 0 unspecified atom stereocenters. The molecule has 0 aromatic heterocycles. The van der Waals surface area contributed by atoms with Crippen LogP contribution in [0.25, 0.3) is 0 Å². The maximum Gasteiger partial charge on any atom is 0.293 e. The highest BCUT2D eigenvalue weighted by Gasteiger charge is 1.84. The topological polar surface area (TPSA) is 26.3 Å². The number of rotatable bonds is 2. The maximum absolute atomic E-state index is 9.18. The summed E-state index contributed by atoms with van der Waals surface area (Å²) in [6.07, 6.45) is 8.50. The average molecular weight is 142 g/mol. The van der Waals surface area contributed by atoms with Crippen LogP contribution in [0.1, 0.15) is 26.2 Å². The molecule has 0 radical (unpaired) electrons. The van der Waals surface area contributed by atoms with Gasteiger partial charge in [0.05, 0.1) is 6.61 Å². The van der Waals surface area contributed by atoms with Gasteiger partial charge >= 0.3 is 0 Å². The summed E-state index contributed by atoms with van der Waals surface area (Å²) in [7, 11) is 0. The molecule has 2 heteroatoms. The van der Waals surface area contributed by atoms with Crippen molar-refractivity contribution >= 4 is 6.47 Å². The second-order valence-corrected chi connectivity index (χ2v) is 1.95. The molecule has 0 amide bonds. The fourth-order valence-corrected chi connectivity index (χ4v) is 0.657. The Balaban J connectivity index is 0.000000162. The lowest BCUT2D eigenvalue weighted by molar-refractivity contribution is -0.128. The summed E-state index contributed by atoms with van der Waals surface area (Å²) in [6, 6.07) is 0. The third-order valence-electron chi connectivity index (χ3n) is 1.14. The van der Waals surface area contributed by atoms with Crippen molar-refractivity contribution in [3.8, 4) is 0 Å². The van der Waals surface area contributed by atoms with Crippen molar-refractivity contribution in [1.29, 1.82) is 0 Å². The molecule has 0 heterocycles. The van der Waals surface area contributed by atoms with Crippen LogP contribution < -0.4 is 0 Å². The van der Waals surface area contributed by atoms with E-state index in [2.05, 4.69) is 16.9 Å². The second kappa shape index (κ2) is 8.21. The SMILES string of the molecule is C1=CCCC1.CCOC=O. The minimum absolute atomic E-state index is 0.431. The van der Waals surface area contributed by atoms with Crippen molar-refractivity contribution in [2.45, 2.75) is 26.2 Å². The van der Waals surface area contributed by atoms with Crippen LogP contribution >= 0.6 is 0 Å². The molecule has 0 N–H and O–H groups in total. The molecule has 0 bridgehead atoms. The van der Waals surface area contributed by atoms with Crippen LogP contribution in [0.2, 0.25) is 0 Å². The highest BCUT2D eigenvalue weighted by Crippen LogP contribution is 2.05. The van der Waals surface area contributed by atoms with E-state index < -0.39 is 0 Å². The van der Waals surface area contributed by atoms with Crippen LogP contribution in [0.5, 0.6) is 0 Å². The Bertz CT molecular complexity index is 91.4. The van der Waals surface area contributed by atoms with Gasteiger partial charge in [0, 0.05) is 0 Å². The Labute approximate surface area is 61.9 Å². The molecular formula is C8H14O2. The van der Waals surface area contributed by atoms with E-state index in [0.29, 0.717) is 13.1 Å². The van der Waals surface area contributed by atoms with Gasteiger partial charge in [-0.1, -0.05) is 12.2 Å². The van der Waals surface area contributed by atoms with Crippen LogP contribution in [0, 0.1) is 0 Å². The maximum atomic E-state index is 9.18. The lowest BCUT2D eigenvalue weighted by Gasteiger charge is -1.79. The van der Waals surface area contributed by atoms with Crippen molar-refractivity contribution in [2.75, 3.05) is 6.61 Å². The van der Waals surface area contributed by atoms with E-state index in [1.54, 1.807) is 6.92 Å². The molecule has 0 saturated heterocycles. The van der Waals surface area contributed by atoms with Crippen molar-refractivity contribution in [1.82, 2.24) is 0 Å². The summed E-state index contributed by atoms with van der Waals surface area (Å²) in [5.41, 5.74) is 0. The third kappa shape index (κ3) is 7.21. The Morgan fingerprint density at radius 3 is 2.20 bits per heavy atom. The molecule has 10 heavy (non-hydrogen) atoms. The predicted octanol–water partition coefficient (Wildman–Crippen LogP) is 1.91. The van der Waals surface area contributed by atoms with E-state index in [4.69, 9.17) is 0 Å². The van der Waals surface area contributed by atoms with Crippen molar-refractivity contribution in [3.05, 3.63) is 12.2 Å². The van der Waals surface area contributed by atoms with Gasteiger partial charge in [-0.2, -0.15) is 0 Å². The van der Waals surface area contributed by atoms with Gasteiger partial charge in [-0.05, 0) is 26.2 Å². The highest BCUT2D eigenvalue weighted by atomic mass is 16.5. The lowest BCUT2D eigenvalue weighted by Crippen LogP contribution is -1.80. The summed E-state index contributed by atoms with van der Waals surface area (Å²) in [5.74, 6) is 0. The van der Waals surface area contributed by atoms with E-state index in [-0.39, 0.29) is 0 Å². The lowest BCUT2D eigenvalue weighted by atomic mass is 10.4. The Kier molecular flexibility index (Phi) is 7.56. The largest absolute Gasteiger partial charge is 0.468 e. The molecule has 0 fully saturated rings. The Morgan fingerprint density at radius 1 is 1.50 bits per heavy atom. The van der Waals surface area contributed by atoms with Gasteiger partial charge in [0.15, 0.2) is 0 Å². The molecule has 0 aromatic rings. The van der Waals surface area contributed by atoms with Gasteiger partial charge in [0.1, 0.15) is 0 Å². The van der Waals surface area contributed by atoms with Crippen LogP contribution in [-0.2, 0) is 9.53 Å². The summed E-state index contributed by atoms with van der Waals surface area (Å²) in [6.45, 7) is 2.66. The Hall–Kier alpha value is -0.790. The number of hydrogen-bond acceptors (Lipinski definition) is 2. The fraction of sp³-hybridized carbons (Fsp3) is 0.625. The summed E-state index contributed by atoms with van der Waals surface area (Å²) < 4.78 is 4.15. The van der Waals surface area contributed by atoms with Crippen molar-refractivity contribution in [3.63, 3.8) is 0 Å². The standard InChI is InChI=1S/C5H8.C3H6O2/c1-2-4-5-3-1;1-2-5-3-4/h1-2H,3-5H2;3H,2H2,1H3. The average Bonchev–Trinajstić information content (AvgIpc) is 2.44. The van der Waals surface area contributed by atoms with Crippen molar-refractivity contribution < 1.29 is 9.53 Å². The molecule has 0 saturated carbocycles. The van der Waals surface area contributed by atoms with Crippen molar-refractivity contribution in [2.24, 2.45) is 0 Å². The van der Waals surface area contributed by atoms with Crippen LogP contribution in [0.3, 0.4) is 0 Å². The molecule has 2 nitrogen and oxygen atoms in total. The number of ether oxygens (including phenoxy) is 1.